The molecule has 0 amide bonds. The van der Waals surface area contributed by atoms with Gasteiger partial charge in [-0.15, -0.1) is 11.3 Å². The van der Waals surface area contributed by atoms with E-state index in [1.165, 1.54) is 16.9 Å². The second-order valence-electron chi connectivity index (χ2n) is 4.92. The summed E-state index contributed by atoms with van der Waals surface area (Å²) in [5.41, 5.74) is 9.95. The van der Waals surface area contributed by atoms with Crippen LogP contribution in [-0.2, 0) is 12.8 Å². The first-order chi connectivity index (χ1) is 9.78. The summed E-state index contributed by atoms with van der Waals surface area (Å²) in [7, 11) is 1.64. The van der Waals surface area contributed by atoms with E-state index in [9.17, 15) is 0 Å². The Hall–Kier alpha value is -2.01. The summed E-state index contributed by atoms with van der Waals surface area (Å²) in [6.45, 7) is 0. The highest BCUT2D eigenvalue weighted by Crippen LogP contribution is 2.44. The number of methoxy groups -OCH3 is 1. The average Bonchev–Trinajstić information content (AvgIpc) is 3.10. The summed E-state index contributed by atoms with van der Waals surface area (Å²) in [5.74, 6) is 1.34. The predicted molar refractivity (Wildman–Crippen MR) is 80.3 cm³/mol. The molecular formula is C15H14N2O2S. The van der Waals surface area contributed by atoms with Crippen LogP contribution in [0.15, 0.2) is 22.6 Å². The van der Waals surface area contributed by atoms with Gasteiger partial charge in [0.1, 0.15) is 5.75 Å². The van der Waals surface area contributed by atoms with Crippen molar-refractivity contribution in [1.29, 1.82) is 0 Å². The molecular weight excluding hydrogens is 272 g/mol. The van der Waals surface area contributed by atoms with Gasteiger partial charge in [-0.1, -0.05) is 6.07 Å². The summed E-state index contributed by atoms with van der Waals surface area (Å²) < 4.78 is 11.2. The standard InChI is InChI=1S/C15H14N2O2S/c1-18-9-5-3-6-10-13(9)17-15(19-10)12-8-4-2-7-11(8)20-14(12)16/h3,5-6H,2,4,7,16H2,1H3. The molecule has 2 heterocycles. The van der Waals surface area contributed by atoms with Crippen molar-refractivity contribution >= 4 is 27.4 Å². The number of aryl methyl sites for hydroxylation is 1. The number of rotatable bonds is 2. The molecule has 4 rings (SSSR count). The van der Waals surface area contributed by atoms with Gasteiger partial charge in [0.25, 0.3) is 0 Å². The van der Waals surface area contributed by atoms with Crippen LogP contribution in [0.3, 0.4) is 0 Å². The Morgan fingerprint density at radius 2 is 2.25 bits per heavy atom. The molecule has 0 unspecified atom stereocenters. The topological polar surface area (TPSA) is 61.3 Å². The van der Waals surface area contributed by atoms with Crippen LogP contribution in [0.2, 0.25) is 0 Å². The van der Waals surface area contributed by atoms with Crippen LogP contribution in [0.1, 0.15) is 16.9 Å². The molecule has 0 saturated carbocycles. The first-order valence-electron chi connectivity index (χ1n) is 6.62. The Balaban J connectivity index is 1.95. The lowest BCUT2D eigenvalue weighted by Gasteiger charge is -1.97. The lowest BCUT2D eigenvalue weighted by Crippen LogP contribution is -1.88. The number of anilines is 1. The molecule has 4 nitrogen and oxygen atoms in total. The molecule has 1 aliphatic rings. The van der Waals surface area contributed by atoms with Crippen LogP contribution in [0.25, 0.3) is 22.6 Å². The third-order valence-electron chi connectivity index (χ3n) is 3.76. The van der Waals surface area contributed by atoms with Crippen LogP contribution < -0.4 is 10.5 Å². The Kier molecular flexibility index (Phi) is 2.50. The van der Waals surface area contributed by atoms with Gasteiger partial charge in [-0.05, 0) is 37.0 Å². The quantitative estimate of drug-likeness (QED) is 0.781. The summed E-state index contributed by atoms with van der Waals surface area (Å²) in [5, 5.41) is 0.806. The summed E-state index contributed by atoms with van der Waals surface area (Å²) in [6, 6.07) is 5.69. The van der Waals surface area contributed by atoms with Gasteiger partial charge in [0, 0.05) is 4.88 Å². The lowest BCUT2D eigenvalue weighted by molar-refractivity contribution is 0.419. The zero-order valence-corrected chi connectivity index (χ0v) is 11.9. The fraction of sp³-hybridized carbons (Fsp3) is 0.267. The Morgan fingerprint density at radius 1 is 1.35 bits per heavy atom. The van der Waals surface area contributed by atoms with Crippen LogP contribution in [-0.4, -0.2) is 12.1 Å². The van der Waals surface area contributed by atoms with Gasteiger partial charge >= 0.3 is 0 Å². The number of thiophene rings is 1. The maximum absolute atomic E-state index is 6.16. The van der Waals surface area contributed by atoms with Crippen molar-refractivity contribution in [3.8, 4) is 17.2 Å². The van der Waals surface area contributed by atoms with E-state index in [2.05, 4.69) is 4.98 Å². The van der Waals surface area contributed by atoms with Crippen LogP contribution in [0, 0.1) is 0 Å². The highest BCUT2D eigenvalue weighted by atomic mass is 32.1. The lowest BCUT2D eigenvalue weighted by atomic mass is 10.1. The molecule has 20 heavy (non-hydrogen) atoms. The molecule has 5 heteroatoms. The van der Waals surface area contributed by atoms with E-state index in [0.29, 0.717) is 5.89 Å². The summed E-state index contributed by atoms with van der Waals surface area (Å²) in [6.07, 6.45) is 3.37. The SMILES string of the molecule is COc1cccc2oc(-c3c(N)sc4c3CCC4)nc12. The maximum Gasteiger partial charge on any atom is 0.230 e. The molecule has 2 aromatic heterocycles. The Labute approximate surface area is 120 Å². The first-order valence-corrected chi connectivity index (χ1v) is 7.43. The molecule has 0 fully saturated rings. The largest absolute Gasteiger partial charge is 0.494 e. The molecule has 1 aliphatic carbocycles. The van der Waals surface area contributed by atoms with Gasteiger partial charge in [-0.3, -0.25) is 0 Å². The smallest absolute Gasteiger partial charge is 0.230 e. The first kappa shape index (κ1) is 11.8. The van der Waals surface area contributed by atoms with E-state index < -0.39 is 0 Å². The van der Waals surface area contributed by atoms with Gasteiger partial charge in [-0.2, -0.15) is 0 Å². The van der Waals surface area contributed by atoms with Crippen LogP contribution >= 0.6 is 11.3 Å². The number of oxazole rings is 1. The van der Waals surface area contributed by atoms with E-state index in [-0.39, 0.29) is 0 Å². The number of fused-ring (bicyclic) bond motifs is 2. The number of benzene rings is 1. The third-order valence-corrected chi connectivity index (χ3v) is 4.89. The van der Waals surface area contributed by atoms with Crippen molar-refractivity contribution in [2.75, 3.05) is 12.8 Å². The fourth-order valence-corrected chi connectivity index (χ4v) is 4.01. The van der Waals surface area contributed by atoms with Crippen molar-refractivity contribution in [3.63, 3.8) is 0 Å². The van der Waals surface area contributed by atoms with Crippen molar-refractivity contribution in [2.45, 2.75) is 19.3 Å². The molecule has 0 radical (unpaired) electrons. The number of ether oxygens (including phenoxy) is 1. The zero-order valence-electron chi connectivity index (χ0n) is 11.1. The monoisotopic (exact) mass is 286 g/mol. The Morgan fingerprint density at radius 3 is 3.10 bits per heavy atom. The second-order valence-corrected chi connectivity index (χ2v) is 6.06. The van der Waals surface area contributed by atoms with E-state index in [1.54, 1.807) is 18.4 Å². The number of hydrogen-bond acceptors (Lipinski definition) is 5. The molecule has 0 spiro atoms. The number of aromatic nitrogens is 1. The molecule has 0 saturated heterocycles. The van der Waals surface area contributed by atoms with Crippen molar-refractivity contribution in [3.05, 3.63) is 28.6 Å². The Bertz CT molecular complexity index is 804. The number of nitrogens with two attached hydrogens (primary N) is 1. The van der Waals surface area contributed by atoms with Crippen LogP contribution in [0.4, 0.5) is 5.00 Å². The molecule has 2 N–H and O–H groups in total. The van der Waals surface area contributed by atoms with E-state index >= 15 is 0 Å². The van der Waals surface area contributed by atoms with E-state index in [4.69, 9.17) is 14.9 Å². The minimum Gasteiger partial charge on any atom is -0.494 e. The molecule has 0 aliphatic heterocycles. The molecule has 0 atom stereocenters. The number of para-hydroxylation sites is 1. The average molecular weight is 286 g/mol. The van der Waals surface area contributed by atoms with Gasteiger partial charge < -0.3 is 14.9 Å². The minimum absolute atomic E-state index is 0.612. The van der Waals surface area contributed by atoms with Gasteiger partial charge in [-0.25, -0.2) is 4.98 Å². The highest BCUT2D eigenvalue weighted by Gasteiger charge is 2.25. The van der Waals surface area contributed by atoms with Crippen molar-refractivity contribution in [1.82, 2.24) is 4.98 Å². The molecule has 3 aromatic rings. The number of hydrogen-bond donors (Lipinski definition) is 1. The summed E-state index contributed by atoms with van der Waals surface area (Å²) in [4.78, 5) is 5.98. The van der Waals surface area contributed by atoms with E-state index in [1.807, 2.05) is 18.2 Å². The normalized spacial score (nSPS) is 13.8. The fourth-order valence-electron chi connectivity index (χ4n) is 2.85. The van der Waals surface area contributed by atoms with Crippen molar-refractivity contribution < 1.29 is 9.15 Å². The van der Waals surface area contributed by atoms with Crippen LogP contribution in [0.5, 0.6) is 5.75 Å². The highest BCUT2D eigenvalue weighted by molar-refractivity contribution is 7.16. The zero-order chi connectivity index (χ0) is 13.7. The van der Waals surface area contributed by atoms with E-state index in [0.717, 1.165) is 40.3 Å². The second kappa shape index (κ2) is 4.24. The summed E-state index contributed by atoms with van der Waals surface area (Å²) >= 11 is 1.66. The number of nitrogens with zero attached hydrogens (tertiary/aromatic N) is 1. The maximum atomic E-state index is 6.16. The molecule has 1 aromatic carbocycles. The van der Waals surface area contributed by atoms with Gasteiger partial charge in [0.05, 0.1) is 17.7 Å². The number of nitrogen functional groups attached to an aromatic ring is 1. The van der Waals surface area contributed by atoms with Gasteiger partial charge in [0.2, 0.25) is 5.89 Å². The predicted octanol–water partition coefficient (Wildman–Crippen LogP) is 3.64. The molecule has 102 valence electrons. The minimum atomic E-state index is 0.612. The van der Waals surface area contributed by atoms with Gasteiger partial charge in [0.15, 0.2) is 11.1 Å². The molecule has 0 bridgehead atoms. The van der Waals surface area contributed by atoms with Crippen molar-refractivity contribution in [2.24, 2.45) is 0 Å². The third kappa shape index (κ3) is 1.56.